The first-order valence-electron chi connectivity index (χ1n) is 12.4. The van der Waals surface area contributed by atoms with Gasteiger partial charge >= 0.3 is 23.9 Å². The molecule has 0 heterocycles. The van der Waals surface area contributed by atoms with Crippen LogP contribution in [-0.2, 0) is 23.9 Å². The van der Waals surface area contributed by atoms with Crippen LogP contribution >= 0.6 is 0 Å². The van der Waals surface area contributed by atoms with E-state index in [1.807, 2.05) is 6.92 Å². The van der Waals surface area contributed by atoms with Crippen LogP contribution < -0.4 is 0 Å². The predicted molar refractivity (Wildman–Crippen MR) is 133 cm³/mol. The molecule has 0 unspecified atom stereocenters. The maximum atomic E-state index is 11.1. The number of ether oxygens (including phenoxy) is 1. The van der Waals surface area contributed by atoms with Crippen molar-refractivity contribution in [3.63, 3.8) is 0 Å². The van der Waals surface area contributed by atoms with Gasteiger partial charge in [0.25, 0.3) is 0 Å². The molecule has 9 nitrogen and oxygen atoms in total. The average Bonchev–Trinajstić information content (AvgIpc) is 2.76. The van der Waals surface area contributed by atoms with E-state index in [0.717, 1.165) is 19.3 Å². The fourth-order valence-electron chi connectivity index (χ4n) is 3.03. The van der Waals surface area contributed by atoms with Crippen molar-refractivity contribution in [3.8, 4) is 0 Å². The zero-order chi connectivity index (χ0) is 27.0. The molecule has 0 aliphatic heterocycles. The van der Waals surface area contributed by atoms with Gasteiger partial charge in [-0.25, -0.2) is 4.79 Å². The molecule has 0 aromatic carbocycles. The molecule has 0 bridgehead atoms. The average molecular weight is 501 g/mol. The van der Waals surface area contributed by atoms with E-state index in [9.17, 15) is 19.2 Å². The number of carbonyl (C=O) groups is 4. The van der Waals surface area contributed by atoms with Crippen molar-refractivity contribution in [1.82, 2.24) is 0 Å². The van der Waals surface area contributed by atoms with Gasteiger partial charge in [0.1, 0.15) is 0 Å². The number of aliphatic carboxylic acids is 3. The molecule has 202 valence electrons. The third-order valence-corrected chi connectivity index (χ3v) is 4.92. The molecule has 0 fully saturated rings. The predicted octanol–water partition coefficient (Wildman–Crippen LogP) is 5.11. The Hall–Kier alpha value is -2.68. The van der Waals surface area contributed by atoms with Crippen LogP contribution in [-0.4, -0.2) is 56.5 Å². The molecule has 0 aliphatic carbocycles. The minimum Gasteiger partial charge on any atom is -0.481 e. The van der Waals surface area contributed by atoms with Crippen LogP contribution in [0.15, 0.2) is 24.3 Å². The number of hydrogen-bond acceptors (Lipinski definition) is 6. The van der Waals surface area contributed by atoms with Gasteiger partial charge in [0.2, 0.25) is 0 Å². The lowest BCUT2D eigenvalue weighted by molar-refractivity contribution is -0.170. The molecule has 9 heteroatoms. The quantitative estimate of drug-likeness (QED) is 0.101. The summed E-state index contributed by atoms with van der Waals surface area (Å²) in [5.41, 5.74) is -2.74. The van der Waals surface area contributed by atoms with Gasteiger partial charge < -0.3 is 25.2 Å². The molecule has 4 N–H and O–H groups in total. The van der Waals surface area contributed by atoms with Gasteiger partial charge in [-0.3, -0.25) is 14.4 Å². The largest absolute Gasteiger partial charge is 0.481 e. The van der Waals surface area contributed by atoms with E-state index in [1.54, 1.807) is 0 Å². The molecule has 0 rings (SSSR count). The highest BCUT2D eigenvalue weighted by Crippen LogP contribution is 2.15. The summed E-state index contributed by atoms with van der Waals surface area (Å²) < 4.78 is 4.91. The Morgan fingerprint density at radius 1 is 0.714 bits per heavy atom. The summed E-state index contributed by atoms with van der Waals surface area (Å²) in [4.78, 5) is 41.6. The van der Waals surface area contributed by atoms with Crippen molar-refractivity contribution in [2.24, 2.45) is 0 Å². The fraction of sp³-hybridized carbons (Fsp3) is 0.692. The minimum absolute atomic E-state index is 0.0480. The van der Waals surface area contributed by atoms with E-state index >= 15 is 0 Å². The smallest absolute Gasteiger partial charge is 0.336 e. The summed E-state index contributed by atoms with van der Waals surface area (Å²) in [5, 5.41) is 33.8. The van der Waals surface area contributed by atoms with Gasteiger partial charge in [0.15, 0.2) is 5.60 Å². The van der Waals surface area contributed by atoms with Crippen molar-refractivity contribution in [3.05, 3.63) is 24.3 Å². The Morgan fingerprint density at radius 2 is 1.20 bits per heavy atom. The van der Waals surface area contributed by atoms with E-state index in [-0.39, 0.29) is 5.97 Å². The first kappa shape index (κ1) is 34.5. The van der Waals surface area contributed by atoms with Crippen molar-refractivity contribution < 1.29 is 44.3 Å². The number of carboxylic acid groups (broad SMARTS) is 3. The first-order valence-corrected chi connectivity index (χ1v) is 12.4. The van der Waals surface area contributed by atoms with Crippen LogP contribution in [0.3, 0.4) is 0 Å². The molecule has 0 radical (unpaired) electrons. The number of esters is 1. The minimum atomic E-state index is -2.74. The Labute approximate surface area is 208 Å². The highest BCUT2D eigenvalue weighted by molar-refractivity contribution is 5.88. The van der Waals surface area contributed by atoms with Crippen molar-refractivity contribution in [2.75, 3.05) is 6.61 Å². The topological polar surface area (TPSA) is 158 Å². The molecule has 0 aromatic heterocycles. The zero-order valence-corrected chi connectivity index (χ0v) is 21.2. The Morgan fingerprint density at radius 3 is 1.66 bits per heavy atom. The monoisotopic (exact) mass is 500 g/mol. The normalized spacial score (nSPS) is 11.3. The number of aliphatic hydroxyl groups is 1. The molecule has 0 amide bonds. The van der Waals surface area contributed by atoms with Crippen LogP contribution in [0.1, 0.15) is 104 Å². The second kappa shape index (κ2) is 23.1. The van der Waals surface area contributed by atoms with E-state index < -0.39 is 36.4 Å². The van der Waals surface area contributed by atoms with Crippen molar-refractivity contribution in [1.29, 1.82) is 0 Å². The highest BCUT2D eigenvalue weighted by Gasteiger charge is 2.40. The van der Waals surface area contributed by atoms with E-state index in [0.29, 0.717) is 13.0 Å². The van der Waals surface area contributed by atoms with Gasteiger partial charge in [-0.2, -0.15) is 0 Å². The summed E-state index contributed by atoms with van der Waals surface area (Å²) in [6.45, 7) is 4.60. The standard InChI is InChI=1S/C20H36O2.C6H8O7/c1-3-5-6-7-8-9-10-11-12-13-14-15-16-17-18-19-20(21)22-4-2;7-3(8)1-6(13,5(11)12)2-4(9)10/h8-9,11-12H,3-7,10,13-19H2,1-2H3;13H,1-2H2,(H,7,8)(H,9,10)(H,11,12)/b9-8-,12-11-;. The maximum Gasteiger partial charge on any atom is 0.336 e. The number of carbonyl (C=O) groups excluding carboxylic acids is 1. The SMILES string of the molecule is CCCCC/C=C\C/C=C\CCCCCCCC(=O)OCC.O=C(O)CC(O)(CC(=O)O)C(=O)O. The second-order valence-corrected chi connectivity index (χ2v) is 8.26. The maximum absolute atomic E-state index is 11.1. The molecule has 0 aliphatic rings. The zero-order valence-electron chi connectivity index (χ0n) is 21.2. The molecule has 0 aromatic rings. The third-order valence-electron chi connectivity index (χ3n) is 4.92. The van der Waals surface area contributed by atoms with Gasteiger partial charge in [-0.1, -0.05) is 63.3 Å². The summed E-state index contributed by atoms with van der Waals surface area (Å²) >= 11 is 0. The molecule has 0 saturated carbocycles. The summed E-state index contributed by atoms with van der Waals surface area (Å²) in [7, 11) is 0. The first-order chi connectivity index (χ1) is 16.6. The summed E-state index contributed by atoms with van der Waals surface area (Å²) in [6, 6.07) is 0. The van der Waals surface area contributed by atoms with Crippen LogP contribution in [0.4, 0.5) is 0 Å². The number of allylic oxidation sites excluding steroid dienone is 4. The molecule has 0 spiro atoms. The second-order valence-electron chi connectivity index (χ2n) is 8.26. The van der Waals surface area contributed by atoms with Crippen molar-refractivity contribution >= 4 is 23.9 Å². The Balaban J connectivity index is 0. The highest BCUT2D eigenvalue weighted by atomic mass is 16.5. The summed E-state index contributed by atoms with van der Waals surface area (Å²) in [5.74, 6) is -5.07. The van der Waals surface area contributed by atoms with Crippen LogP contribution in [0.2, 0.25) is 0 Å². The number of rotatable bonds is 20. The third kappa shape index (κ3) is 24.3. The Kier molecular flexibility index (Phi) is 22.7. The number of hydrogen-bond donors (Lipinski definition) is 4. The van der Waals surface area contributed by atoms with Crippen LogP contribution in [0, 0.1) is 0 Å². The van der Waals surface area contributed by atoms with Gasteiger partial charge in [-0.15, -0.1) is 0 Å². The van der Waals surface area contributed by atoms with E-state index in [4.69, 9.17) is 25.2 Å². The lowest BCUT2D eigenvalue weighted by Gasteiger charge is -2.18. The lowest BCUT2D eigenvalue weighted by Crippen LogP contribution is -2.42. The molecule has 0 saturated heterocycles. The number of unbranched alkanes of at least 4 members (excludes halogenated alkanes) is 8. The lowest BCUT2D eigenvalue weighted by atomic mass is 9.96. The van der Waals surface area contributed by atoms with Crippen LogP contribution in [0.25, 0.3) is 0 Å². The Bertz CT molecular complexity index is 637. The van der Waals surface area contributed by atoms with Crippen molar-refractivity contribution in [2.45, 2.75) is 109 Å². The van der Waals surface area contributed by atoms with Gasteiger partial charge in [0, 0.05) is 6.42 Å². The van der Waals surface area contributed by atoms with Gasteiger partial charge in [0.05, 0.1) is 19.4 Å². The molecule has 35 heavy (non-hydrogen) atoms. The van der Waals surface area contributed by atoms with Crippen LogP contribution in [0.5, 0.6) is 0 Å². The molecular formula is C26H44O9. The van der Waals surface area contributed by atoms with Gasteiger partial charge in [-0.05, 0) is 45.4 Å². The molecule has 0 atom stereocenters. The van der Waals surface area contributed by atoms with E-state index in [1.165, 1.54) is 51.4 Å². The molecular weight excluding hydrogens is 456 g/mol. The summed E-state index contributed by atoms with van der Waals surface area (Å²) in [6.07, 6.45) is 20.8. The fourth-order valence-corrected chi connectivity index (χ4v) is 3.03. The number of carboxylic acids is 3. The van der Waals surface area contributed by atoms with E-state index in [2.05, 4.69) is 31.2 Å².